The van der Waals surface area contributed by atoms with Crippen molar-refractivity contribution in [2.75, 3.05) is 51.6 Å². The number of piperazine rings is 1. The van der Waals surface area contributed by atoms with Crippen LogP contribution in [0.4, 0.5) is 5.88 Å². The van der Waals surface area contributed by atoms with E-state index in [4.69, 9.17) is 10.3 Å². The fourth-order valence-electron chi connectivity index (χ4n) is 4.19. The minimum Gasteiger partial charge on any atom is -0.370 e. The number of nitrogens with one attached hydrogen (secondary N) is 1. The first-order valence-electron chi connectivity index (χ1n) is 12.1. The van der Waals surface area contributed by atoms with Crippen LogP contribution in [0.25, 0.3) is 0 Å². The summed E-state index contributed by atoms with van der Waals surface area (Å²) < 4.78 is 5.41. The van der Waals surface area contributed by atoms with Crippen molar-refractivity contribution in [2.24, 2.45) is 10.7 Å². The number of hydrogen-bond acceptors (Lipinski definition) is 6. The highest BCUT2D eigenvalue weighted by molar-refractivity contribution is 6.09. The van der Waals surface area contributed by atoms with E-state index in [1.807, 2.05) is 60.7 Å². The van der Waals surface area contributed by atoms with Gasteiger partial charge in [0.15, 0.2) is 11.7 Å². The zero-order valence-corrected chi connectivity index (χ0v) is 20.5. The molecular weight excluding hydrogens is 440 g/mol. The van der Waals surface area contributed by atoms with Crippen molar-refractivity contribution in [3.05, 3.63) is 83.0 Å². The smallest absolute Gasteiger partial charge is 0.231 e. The van der Waals surface area contributed by atoms with E-state index >= 15 is 0 Å². The molecule has 2 heterocycles. The van der Waals surface area contributed by atoms with E-state index in [9.17, 15) is 4.79 Å². The Labute approximate surface area is 206 Å². The van der Waals surface area contributed by atoms with Gasteiger partial charge in [-0.05, 0) is 31.0 Å². The molecule has 3 aromatic rings. The maximum absolute atomic E-state index is 12.8. The predicted molar refractivity (Wildman–Crippen MR) is 139 cm³/mol. The predicted octanol–water partition coefficient (Wildman–Crippen LogP) is 3.23. The van der Waals surface area contributed by atoms with E-state index < -0.39 is 0 Å². The molecule has 1 atom stereocenters. The van der Waals surface area contributed by atoms with Gasteiger partial charge in [0.1, 0.15) is 0 Å². The standard InChI is InChI=1S/C27H34N6O2/c1-20(22-9-6-10-23(18-22)26(34)21-7-4-3-5-8-21)17-24-19-25(35-31-24)30-27(28)29-11-12-33-15-13-32(2)14-16-33/h3-10,18-20H,11-17H2,1-2H3,(H3,28,29,30). The summed E-state index contributed by atoms with van der Waals surface area (Å²) in [5.74, 6) is 0.976. The summed E-state index contributed by atoms with van der Waals surface area (Å²) in [6, 6.07) is 19.0. The fourth-order valence-corrected chi connectivity index (χ4v) is 4.19. The molecule has 0 aliphatic carbocycles. The summed E-state index contributed by atoms with van der Waals surface area (Å²) in [5.41, 5.74) is 9.29. The summed E-state index contributed by atoms with van der Waals surface area (Å²) in [6.45, 7) is 7.94. The molecule has 184 valence electrons. The first-order chi connectivity index (χ1) is 17.0. The van der Waals surface area contributed by atoms with Gasteiger partial charge in [-0.3, -0.25) is 20.0 Å². The minimum absolute atomic E-state index is 0.0231. The molecule has 0 saturated carbocycles. The van der Waals surface area contributed by atoms with Crippen LogP contribution in [-0.4, -0.2) is 73.0 Å². The number of rotatable bonds is 9. The molecule has 1 aromatic heterocycles. The molecule has 0 amide bonds. The first-order valence-corrected chi connectivity index (χ1v) is 12.1. The lowest BCUT2D eigenvalue weighted by molar-refractivity contribution is 0.103. The van der Waals surface area contributed by atoms with E-state index in [0.717, 1.165) is 44.0 Å². The Kier molecular flexibility index (Phi) is 8.28. The zero-order chi connectivity index (χ0) is 24.6. The molecule has 8 nitrogen and oxygen atoms in total. The molecule has 3 N–H and O–H groups in total. The van der Waals surface area contributed by atoms with Gasteiger partial charge >= 0.3 is 0 Å². The second kappa shape index (κ2) is 11.8. The lowest BCUT2D eigenvalue weighted by Crippen LogP contribution is -2.45. The van der Waals surface area contributed by atoms with Crippen LogP contribution in [0.1, 0.15) is 40.0 Å². The molecule has 35 heavy (non-hydrogen) atoms. The number of benzene rings is 2. The van der Waals surface area contributed by atoms with Crippen molar-refractivity contribution in [3.8, 4) is 0 Å². The summed E-state index contributed by atoms with van der Waals surface area (Å²) in [7, 11) is 2.15. The Hall–Kier alpha value is -3.49. The molecule has 2 aromatic carbocycles. The molecule has 1 aliphatic rings. The highest BCUT2D eigenvalue weighted by Gasteiger charge is 2.15. The molecular formula is C27H34N6O2. The van der Waals surface area contributed by atoms with Crippen molar-refractivity contribution < 1.29 is 9.32 Å². The number of guanidine groups is 1. The minimum atomic E-state index is 0.0231. The normalized spacial score (nSPS) is 16.2. The van der Waals surface area contributed by atoms with Gasteiger partial charge in [0.25, 0.3) is 0 Å². The highest BCUT2D eigenvalue weighted by atomic mass is 16.5. The van der Waals surface area contributed by atoms with Crippen LogP contribution >= 0.6 is 0 Å². The molecule has 1 saturated heterocycles. The molecule has 0 bridgehead atoms. The van der Waals surface area contributed by atoms with Crippen LogP contribution in [0.5, 0.6) is 0 Å². The number of likely N-dealkylation sites (N-methyl/N-ethyl adjacent to an activating group) is 1. The van der Waals surface area contributed by atoms with Crippen LogP contribution in [-0.2, 0) is 6.42 Å². The molecule has 1 unspecified atom stereocenters. The SMILES string of the molecule is CC(Cc1cc(NC(N)=NCCN2CCN(C)CC2)on1)c1cccc(C(=O)c2ccccc2)c1. The Morgan fingerprint density at radius 1 is 1.09 bits per heavy atom. The zero-order valence-electron chi connectivity index (χ0n) is 20.5. The summed E-state index contributed by atoms with van der Waals surface area (Å²) >= 11 is 0. The van der Waals surface area contributed by atoms with E-state index in [0.29, 0.717) is 35.9 Å². The molecule has 8 heteroatoms. The summed E-state index contributed by atoms with van der Waals surface area (Å²) in [6.07, 6.45) is 0.675. The Morgan fingerprint density at radius 3 is 2.60 bits per heavy atom. The van der Waals surface area contributed by atoms with E-state index in [1.54, 1.807) is 0 Å². The van der Waals surface area contributed by atoms with Crippen LogP contribution in [0.2, 0.25) is 0 Å². The lowest BCUT2D eigenvalue weighted by Gasteiger charge is -2.31. The lowest BCUT2D eigenvalue weighted by atomic mass is 9.93. The molecule has 1 fully saturated rings. The van der Waals surface area contributed by atoms with Crippen LogP contribution in [0.15, 0.2) is 70.2 Å². The van der Waals surface area contributed by atoms with Crippen LogP contribution < -0.4 is 11.1 Å². The van der Waals surface area contributed by atoms with Gasteiger partial charge in [0.05, 0.1) is 12.2 Å². The molecule has 0 spiro atoms. The fraction of sp³-hybridized carbons (Fsp3) is 0.370. The quantitative estimate of drug-likeness (QED) is 0.279. The Balaban J connectivity index is 1.29. The van der Waals surface area contributed by atoms with Gasteiger partial charge in [-0.25, -0.2) is 0 Å². The maximum atomic E-state index is 12.8. The summed E-state index contributed by atoms with van der Waals surface area (Å²) in [5, 5.41) is 7.16. The third-order valence-electron chi connectivity index (χ3n) is 6.37. The van der Waals surface area contributed by atoms with E-state index in [1.165, 1.54) is 0 Å². The maximum Gasteiger partial charge on any atom is 0.231 e. The van der Waals surface area contributed by atoms with Crippen molar-refractivity contribution in [2.45, 2.75) is 19.3 Å². The van der Waals surface area contributed by atoms with Gasteiger partial charge in [-0.15, -0.1) is 0 Å². The molecule has 0 radical (unpaired) electrons. The first kappa shape index (κ1) is 24.6. The van der Waals surface area contributed by atoms with Gasteiger partial charge < -0.3 is 15.2 Å². The molecule has 4 rings (SSSR count). The number of carbonyl (C=O) groups excluding carboxylic acids is 1. The molecule has 1 aliphatic heterocycles. The average Bonchev–Trinajstić information content (AvgIpc) is 3.31. The number of aliphatic imine (C=N–C) groups is 1. The van der Waals surface area contributed by atoms with Gasteiger partial charge in [0.2, 0.25) is 5.88 Å². The number of nitrogens with two attached hydrogens (primary N) is 1. The Morgan fingerprint density at radius 2 is 1.83 bits per heavy atom. The number of carbonyl (C=O) groups is 1. The highest BCUT2D eigenvalue weighted by Crippen LogP contribution is 2.23. The number of anilines is 1. The van der Waals surface area contributed by atoms with E-state index in [2.05, 4.69) is 39.2 Å². The average molecular weight is 475 g/mol. The van der Waals surface area contributed by atoms with E-state index in [-0.39, 0.29) is 11.7 Å². The number of aromatic nitrogens is 1. The largest absolute Gasteiger partial charge is 0.370 e. The number of nitrogens with zero attached hydrogens (tertiary/aromatic N) is 4. The van der Waals surface area contributed by atoms with Crippen LogP contribution in [0.3, 0.4) is 0 Å². The van der Waals surface area contributed by atoms with Gasteiger partial charge in [-0.1, -0.05) is 60.6 Å². The summed E-state index contributed by atoms with van der Waals surface area (Å²) in [4.78, 5) is 21.9. The van der Waals surface area contributed by atoms with Gasteiger partial charge in [-0.2, -0.15) is 0 Å². The topological polar surface area (TPSA) is 100.0 Å². The van der Waals surface area contributed by atoms with Crippen molar-refractivity contribution in [1.82, 2.24) is 15.0 Å². The second-order valence-corrected chi connectivity index (χ2v) is 9.15. The van der Waals surface area contributed by atoms with Crippen molar-refractivity contribution in [3.63, 3.8) is 0 Å². The third-order valence-corrected chi connectivity index (χ3v) is 6.37. The van der Waals surface area contributed by atoms with Crippen LogP contribution in [0, 0.1) is 0 Å². The monoisotopic (exact) mass is 474 g/mol. The number of hydrogen-bond donors (Lipinski definition) is 2. The second-order valence-electron chi connectivity index (χ2n) is 9.15. The third kappa shape index (κ3) is 7.00. The Bertz CT molecular complexity index is 1140. The van der Waals surface area contributed by atoms with Gasteiger partial charge in [0, 0.05) is 49.9 Å². The van der Waals surface area contributed by atoms with Crippen molar-refractivity contribution in [1.29, 1.82) is 0 Å². The number of ketones is 1. The van der Waals surface area contributed by atoms with Crippen molar-refractivity contribution >= 4 is 17.6 Å².